The number of hydrogen-bond donors (Lipinski definition) is 0. The highest BCUT2D eigenvalue weighted by Crippen LogP contribution is 2.35. The Balaban J connectivity index is 1.56. The predicted molar refractivity (Wildman–Crippen MR) is 98.2 cm³/mol. The van der Waals surface area contributed by atoms with Crippen molar-refractivity contribution in [1.82, 2.24) is 9.21 Å². The minimum Gasteiger partial charge on any atom is -0.481 e. The molecule has 1 aromatic heterocycles. The highest BCUT2D eigenvalue weighted by molar-refractivity contribution is 7.88. The Morgan fingerprint density at radius 3 is 2.62 bits per heavy atom. The summed E-state index contributed by atoms with van der Waals surface area (Å²) >= 11 is 1.70. The van der Waals surface area contributed by atoms with Crippen LogP contribution in [-0.2, 0) is 23.0 Å². The molecule has 7 heteroatoms. The van der Waals surface area contributed by atoms with E-state index < -0.39 is 10.0 Å². The van der Waals surface area contributed by atoms with Crippen molar-refractivity contribution in [3.63, 3.8) is 0 Å². The van der Waals surface area contributed by atoms with Gasteiger partial charge in [0.2, 0.25) is 10.0 Å². The summed E-state index contributed by atoms with van der Waals surface area (Å²) in [4.78, 5) is 3.80. The molecule has 0 N–H and O–H groups in total. The summed E-state index contributed by atoms with van der Waals surface area (Å²) < 4.78 is 31.2. The highest BCUT2D eigenvalue weighted by Gasteiger charge is 2.27. The zero-order valence-electron chi connectivity index (χ0n) is 14.8. The molecule has 2 aliphatic heterocycles. The van der Waals surface area contributed by atoms with Crippen molar-refractivity contribution in [1.29, 1.82) is 0 Å². The van der Waals surface area contributed by atoms with Gasteiger partial charge in [-0.25, -0.2) is 8.42 Å². The molecule has 0 atom stereocenters. The van der Waals surface area contributed by atoms with Gasteiger partial charge in [-0.1, -0.05) is 13.8 Å². The lowest BCUT2D eigenvalue weighted by molar-refractivity contribution is 0.0968. The number of thiophene rings is 1. The Labute approximate surface area is 149 Å². The summed E-state index contributed by atoms with van der Waals surface area (Å²) in [6.07, 6.45) is 4.52. The zero-order valence-corrected chi connectivity index (χ0v) is 16.5. The van der Waals surface area contributed by atoms with Crippen LogP contribution in [-0.4, -0.2) is 56.2 Å². The Hall–Kier alpha value is -0.630. The van der Waals surface area contributed by atoms with Crippen molar-refractivity contribution in [2.24, 2.45) is 5.92 Å². The third kappa shape index (κ3) is 4.50. The third-order valence-electron chi connectivity index (χ3n) is 4.72. The van der Waals surface area contributed by atoms with Gasteiger partial charge in [-0.05, 0) is 36.8 Å². The molecule has 2 aliphatic rings. The average Bonchev–Trinajstić information content (AvgIpc) is 2.89. The third-order valence-corrected chi connectivity index (χ3v) is 7.10. The molecule has 0 saturated carbocycles. The van der Waals surface area contributed by atoms with E-state index >= 15 is 0 Å². The molecule has 3 rings (SSSR count). The summed E-state index contributed by atoms with van der Waals surface area (Å²) in [7, 11) is -3.11. The molecule has 0 aromatic carbocycles. The highest BCUT2D eigenvalue weighted by atomic mass is 32.2. The van der Waals surface area contributed by atoms with Gasteiger partial charge in [-0.3, -0.25) is 0 Å². The zero-order chi connectivity index (χ0) is 17.3. The first-order chi connectivity index (χ1) is 11.3. The van der Waals surface area contributed by atoms with Crippen molar-refractivity contribution in [3.05, 3.63) is 16.5 Å². The van der Waals surface area contributed by atoms with Crippen LogP contribution in [0.2, 0.25) is 0 Å². The molecule has 5 nitrogen and oxygen atoms in total. The maximum atomic E-state index is 11.7. The molecule has 0 spiro atoms. The molecular formula is C17H28N2O3S2. The van der Waals surface area contributed by atoms with E-state index in [2.05, 4.69) is 24.8 Å². The number of fused-ring (bicyclic) bond motifs is 1. The van der Waals surface area contributed by atoms with Crippen LogP contribution in [0.4, 0.5) is 0 Å². The fourth-order valence-electron chi connectivity index (χ4n) is 3.51. The number of sulfonamides is 1. The summed E-state index contributed by atoms with van der Waals surface area (Å²) in [5.74, 6) is 0.712. The van der Waals surface area contributed by atoms with Gasteiger partial charge in [-0.2, -0.15) is 4.31 Å². The van der Waals surface area contributed by atoms with Crippen molar-refractivity contribution in [2.75, 3.05) is 32.4 Å². The van der Waals surface area contributed by atoms with Gasteiger partial charge in [0.25, 0.3) is 0 Å². The van der Waals surface area contributed by atoms with Crippen molar-refractivity contribution in [2.45, 2.75) is 45.8 Å². The lowest BCUT2D eigenvalue weighted by Crippen LogP contribution is -2.39. The molecule has 0 radical (unpaired) electrons. The largest absolute Gasteiger partial charge is 0.481 e. The van der Waals surface area contributed by atoms with Gasteiger partial charge < -0.3 is 9.64 Å². The SMILES string of the molecule is CC(C)CN1CCC(Oc2cc3c(s2)CCN(S(C)(=O)=O)C3)CC1. The van der Waals surface area contributed by atoms with E-state index in [4.69, 9.17) is 4.74 Å². The minimum absolute atomic E-state index is 0.291. The lowest BCUT2D eigenvalue weighted by atomic mass is 10.1. The van der Waals surface area contributed by atoms with Crippen molar-refractivity contribution in [3.8, 4) is 5.06 Å². The second-order valence-electron chi connectivity index (χ2n) is 7.37. The second kappa shape index (κ2) is 7.32. The first-order valence-electron chi connectivity index (χ1n) is 8.77. The summed E-state index contributed by atoms with van der Waals surface area (Å²) in [5.41, 5.74) is 1.11. The van der Waals surface area contributed by atoms with Gasteiger partial charge in [0, 0.05) is 37.6 Å². The monoisotopic (exact) mass is 372 g/mol. The van der Waals surface area contributed by atoms with Crippen LogP contribution in [0.3, 0.4) is 0 Å². The molecule has 1 saturated heterocycles. The number of likely N-dealkylation sites (tertiary alicyclic amines) is 1. The fraction of sp³-hybridized carbons (Fsp3) is 0.765. The lowest BCUT2D eigenvalue weighted by Gasteiger charge is -2.32. The van der Waals surface area contributed by atoms with Crippen LogP contribution < -0.4 is 4.74 Å². The molecule has 1 aromatic rings. The number of nitrogens with zero attached hydrogens (tertiary/aromatic N) is 2. The van der Waals surface area contributed by atoms with E-state index in [1.165, 1.54) is 17.7 Å². The smallest absolute Gasteiger partial charge is 0.211 e. The maximum absolute atomic E-state index is 11.7. The molecule has 136 valence electrons. The molecular weight excluding hydrogens is 344 g/mol. The van der Waals surface area contributed by atoms with Crippen LogP contribution >= 0.6 is 11.3 Å². The first-order valence-corrected chi connectivity index (χ1v) is 11.4. The summed E-state index contributed by atoms with van der Waals surface area (Å²) in [6, 6.07) is 2.05. The van der Waals surface area contributed by atoms with Gasteiger partial charge in [0.15, 0.2) is 5.06 Å². The Kier molecular flexibility index (Phi) is 5.54. The molecule has 24 heavy (non-hydrogen) atoms. The van der Waals surface area contributed by atoms with Crippen LogP contribution in [0.15, 0.2) is 6.07 Å². The van der Waals surface area contributed by atoms with Crippen molar-refractivity contribution >= 4 is 21.4 Å². The number of rotatable bonds is 5. The average molecular weight is 373 g/mol. The minimum atomic E-state index is -3.11. The molecule has 0 bridgehead atoms. The Bertz CT molecular complexity index is 661. The molecule has 1 fully saturated rings. The van der Waals surface area contributed by atoms with Crippen LogP contribution in [0.5, 0.6) is 5.06 Å². The molecule has 3 heterocycles. The quantitative estimate of drug-likeness (QED) is 0.797. The van der Waals surface area contributed by atoms with Gasteiger partial charge >= 0.3 is 0 Å². The standard InChI is InChI=1S/C17H28N2O3S2/c1-13(2)11-18-7-4-15(5-8-18)22-17-10-14-12-19(24(3,20)21)9-6-16(14)23-17/h10,13,15H,4-9,11-12H2,1-3H3. The fourth-order valence-corrected chi connectivity index (χ4v) is 5.38. The van der Waals surface area contributed by atoms with E-state index in [0.717, 1.165) is 43.0 Å². The Morgan fingerprint density at radius 1 is 1.29 bits per heavy atom. The van der Waals surface area contributed by atoms with Gasteiger partial charge in [-0.15, -0.1) is 11.3 Å². The van der Waals surface area contributed by atoms with E-state index in [1.54, 1.807) is 15.6 Å². The van der Waals surface area contributed by atoms with Gasteiger partial charge in [0.1, 0.15) is 6.10 Å². The van der Waals surface area contributed by atoms with E-state index in [0.29, 0.717) is 25.1 Å². The summed E-state index contributed by atoms with van der Waals surface area (Å²) in [6.45, 7) is 8.98. The predicted octanol–water partition coefficient (Wildman–Crippen LogP) is 2.57. The molecule has 0 aliphatic carbocycles. The number of piperidine rings is 1. The maximum Gasteiger partial charge on any atom is 0.211 e. The van der Waals surface area contributed by atoms with Crippen LogP contribution in [0.25, 0.3) is 0 Å². The number of ether oxygens (including phenoxy) is 1. The number of hydrogen-bond acceptors (Lipinski definition) is 5. The van der Waals surface area contributed by atoms with E-state index in [1.807, 2.05) is 0 Å². The van der Waals surface area contributed by atoms with E-state index in [9.17, 15) is 8.42 Å². The van der Waals surface area contributed by atoms with Crippen LogP contribution in [0, 0.1) is 5.92 Å². The molecule has 0 amide bonds. The Morgan fingerprint density at radius 2 is 2.00 bits per heavy atom. The van der Waals surface area contributed by atoms with E-state index in [-0.39, 0.29) is 0 Å². The van der Waals surface area contributed by atoms with Gasteiger partial charge in [0.05, 0.1) is 6.26 Å². The van der Waals surface area contributed by atoms with Crippen molar-refractivity contribution < 1.29 is 13.2 Å². The van der Waals surface area contributed by atoms with Crippen LogP contribution in [0.1, 0.15) is 37.1 Å². The first kappa shape index (κ1) is 18.2. The molecule has 0 unspecified atom stereocenters. The normalized spacial score (nSPS) is 21.2. The second-order valence-corrected chi connectivity index (χ2v) is 10.5. The summed E-state index contributed by atoms with van der Waals surface area (Å²) in [5, 5.41) is 0.956. The topological polar surface area (TPSA) is 49.9 Å².